The molecule has 1 N–H and O–H groups in total. The molecular weight excluding hydrogens is 394 g/mol. The molecule has 0 fully saturated rings. The smallest absolute Gasteiger partial charge is 0.255 e. The van der Waals surface area contributed by atoms with Gasteiger partial charge in [0.1, 0.15) is 5.82 Å². The Labute approximate surface area is 181 Å². The predicted octanol–water partition coefficient (Wildman–Crippen LogP) is 6.14. The molecule has 30 heavy (non-hydrogen) atoms. The molecule has 0 spiro atoms. The molecule has 0 saturated carbocycles. The number of hydrogen-bond donors (Lipinski definition) is 1. The average molecular weight is 418 g/mol. The van der Waals surface area contributed by atoms with E-state index in [1.807, 2.05) is 18.2 Å². The summed E-state index contributed by atoms with van der Waals surface area (Å²) in [5.41, 5.74) is 4.78. The summed E-state index contributed by atoms with van der Waals surface area (Å²) >= 11 is 5.97. The van der Waals surface area contributed by atoms with Gasteiger partial charge in [-0.05, 0) is 60.9 Å². The van der Waals surface area contributed by atoms with E-state index in [0.29, 0.717) is 10.6 Å². The third-order valence-electron chi connectivity index (χ3n) is 5.12. The zero-order chi connectivity index (χ0) is 20.9. The van der Waals surface area contributed by atoms with E-state index in [2.05, 4.69) is 47.1 Å². The highest BCUT2D eigenvalue weighted by molar-refractivity contribution is 6.31. The van der Waals surface area contributed by atoms with Gasteiger partial charge in [-0.2, -0.15) is 0 Å². The van der Waals surface area contributed by atoms with Gasteiger partial charge in [-0.15, -0.1) is 0 Å². The van der Waals surface area contributed by atoms with E-state index in [9.17, 15) is 4.79 Å². The van der Waals surface area contributed by atoms with Crippen LogP contribution in [0.15, 0.2) is 72.8 Å². The van der Waals surface area contributed by atoms with Gasteiger partial charge in [-0.1, -0.05) is 48.9 Å². The summed E-state index contributed by atoms with van der Waals surface area (Å²) in [7, 11) is 0. The van der Waals surface area contributed by atoms with Crippen molar-refractivity contribution >= 4 is 34.2 Å². The largest absolute Gasteiger partial charge is 0.328 e. The first-order valence-electron chi connectivity index (χ1n) is 10.2. The maximum atomic E-state index is 12.4. The van der Waals surface area contributed by atoms with Crippen LogP contribution in [-0.2, 0) is 19.4 Å². The van der Waals surface area contributed by atoms with Gasteiger partial charge < -0.3 is 9.88 Å². The molecule has 0 bridgehead atoms. The summed E-state index contributed by atoms with van der Waals surface area (Å²) < 4.78 is 2.33. The van der Waals surface area contributed by atoms with E-state index >= 15 is 0 Å². The molecule has 3 aromatic carbocycles. The summed E-state index contributed by atoms with van der Waals surface area (Å²) in [5, 5.41) is 3.46. The predicted molar refractivity (Wildman–Crippen MR) is 123 cm³/mol. The quantitative estimate of drug-likeness (QED) is 0.392. The number of nitrogens with zero attached hydrogens (tertiary/aromatic N) is 2. The fourth-order valence-electron chi connectivity index (χ4n) is 3.63. The van der Waals surface area contributed by atoms with Gasteiger partial charge in [0.05, 0.1) is 11.0 Å². The Kier molecular flexibility index (Phi) is 6.15. The van der Waals surface area contributed by atoms with Gasteiger partial charge in [-0.25, -0.2) is 4.98 Å². The molecule has 4 aromatic rings. The number of para-hydroxylation sites is 2. The third kappa shape index (κ3) is 4.55. The van der Waals surface area contributed by atoms with Crippen molar-refractivity contribution in [1.82, 2.24) is 9.55 Å². The number of nitrogens with one attached hydrogen (secondary N) is 1. The zero-order valence-corrected chi connectivity index (χ0v) is 17.7. The number of carbonyl (C=O) groups is 1. The van der Waals surface area contributed by atoms with Crippen LogP contribution in [0.5, 0.6) is 0 Å². The number of imidazole rings is 1. The summed E-state index contributed by atoms with van der Waals surface area (Å²) in [5.74, 6) is 0.954. The molecular formula is C25H24ClN3O. The minimum atomic E-state index is -0.168. The second-order valence-corrected chi connectivity index (χ2v) is 7.77. The van der Waals surface area contributed by atoms with Gasteiger partial charge >= 0.3 is 0 Å². The fourth-order valence-corrected chi connectivity index (χ4v) is 3.82. The van der Waals surface area contributed by atoms with Gasteiger partial charge in [-0.3, -0.25) is 4.79 Å². The molecule has 0 unspecified atom stereocenters. The van der Waals surface area contributed by atoms with Crippen LogP contribution in [0.1, 0.15) is 35.1 Å². The number of rotatable bonds is 7. The van der Waals surface area contributed by atoms with Crippen LogP contribution in [0.2, 0.25) is 5.02 Å². The second kappa shape index (κ2) is 9.14. The van der Waals surface area contributed by atoms with Crippen LogP contribution >= 0.6 is 11.6 Å². The zero-order valence-electron chi connectivity index (χ0n) is 16.9. The van der Waals surface area contributed by atoms with E-state index < -0.39 is 0 Å². The monoisotopic (exact) mass is 417 g/mol. The molecule has 152 valence electrons. The number of benzene rings is 3. The van der Waals surface area contributed by atoms with Gasteiger partial charge in [0, 0.05) is 29.2 Å². The number of aromatic nitrogens is 2. The van der Waals surface area contributed by atoms with Crippen LogP contribution in [-0.4, -0.2) is 15.5 Å². The molecule has 0 atom stereocenters. The number of hydrogen-bond acceptors (Lipinski definition) is 2. The lowest BCUT2D eigenvalue weighted by Crippen LogP contribution is -2.11. The highest BCUT2D eigenvalue weighted by atomic mass is 35.5. The number of carbonyl (C=O) groups excluding carboxylic acids is 1. The van der Waals surface area contributed by atoms with Crippen molar-refractivity contribution in [2.45, 2.75) is 32.7 Å². The number of aryl methyl sites for hydroxylation is 3. The van der Waals surface area contributed by atoms with Crippen molar-refractivity contribution in [2.24, 2.45) is 0 Å². The van der Waals surface area contributed by atoms with E-state index in [-0.39, 0.29) is 5.91 Å². The topological polar surface area (TPSA) is 46.9 Å². The highest BCUT2D eigenvalue weighted by Crippen LogP contribution is 2.19. The molecule has 4 rings (SSSR count). The first-order chi connectivity index (χ1) is 14.6. The minimum Gasteiger partial charge on any atom is -0.328 e. The summed E-state index contributed by atoms with van der Waals surface area (Å²) in [4.78, 5) is 17.2. The molecule has 1 aromatic heterocycles. The fraction of sp³-hybridized carbons (Fsp3) is 0.200. The Balaban J connectivity index is 1.42. The summed E-state index contributed by atoms with van der Waals surface area (Å²) in [6.07, 6.45) is 2.85. The van der Waals surface area contributed by atoms with Crippen LogP contribution in [0.3, 0.4) is 0 Å². The molecule has 0 aliphatic rings. The molecule has 1 heterocycles. The lowest BCUT2D eigenvalue weighted by molar-refractivity contribution is 0.102. The number of anilines is 1. The Morgan fingerprint density at radius 1 is 1.00 bits per heavy atom. The van der Waals surface area contributed by atoms with Crippen LogP contribution in [0.25, 0.3) is 11.0 Å². The maximum absolute atomic E-state index is 12.4. The van der Waals surface area contributed by atoms with Crippen molar-refractivity contribution in [2.75, 3.05) is 5.32 Å². The normalized spacial score (nSPS) is 11.0. The standard InChI is InChI=1S/C25H24ClN3O/c1-2-16-29-23-9-4-3-8-22(23)28-24(29)15-12-18-10-13-21(14-11-18)27-25(30)19-6-5-7-20(26)17-19/h3-11,13-14,17H,2,12,15-16H2,1H3,(H,27,30). The van der Waals surface area contributed by atoms with E-state index in [1.54, 1.807) is 24.3 Å². The molecule has 0 radical (unpaired) electrons. The lowest BCUT2D eigenvalue weighted by atomic mass is 10.1. The van der Waals surface area contributed by atoms with Gasteiger partial charge in [0.25, 0.3) is 5.91 Å². The molecule has 0 aliphatic carbocycles. The van der Waals surface area contributed by atoms with Crippen LogP contribution in [0, 0.1) is 0 Å². The number of halogens is 1. The molecule has 0 saturated heterocycles. The Bertz CT molecular complexity index is 1160. The Morgan fingerprint density at radius 2 is 1.80 bits per heavy atom. The van der Waals surface area contributed by atoms with Crippen LogP contribution in [0.4, 0.5) is 5.69 Å². The second-order valence-electron chi connectivity index (χ2n) is 7.33. The van der Waals surface area contributed by atoms with Crippen molar-refractivity contribution in [3.8, 4) is 0 Å². The van der Waals surface area contributed by atoms with E-state index in [0.717, 1.165) is 42.8 Å². The number of amides is 1. The Morgan fingerprint density at radius 3 is 2.57 bits per heavy atom. The van der Waals surface area contributed by atoms with Crippen molar-refractivity contribution < 1.29 is 4.79 Å². The maximum Gasteiger partial charge on any atom is 0.255 e. The first kappa shape index (κ1) is 20.2. The van der Waals surface area contributed by atoms with Crippen molar-refractivity contribution in [3.05, 3.63) is 94.8 Å². The van der Waals surface area contributed by atoms with Gasteiger partial charge in [0.2, 0.25) is 0 Å². The Hall–Kier alpha value is -3.11. The lowest BCUT2D eigenvalue weighted by Gasteiger charge is -2.09. The molecule has 0 aliphatic heterocycles. The van der Waals surface area contributed by atoms with Crippen molar-refractivity contribution in [1.29, 1.82) is 0 Å². The van der Waals surface area contributed by atoms with E-state index in [4.69, 9.17) is 16.6 Å². The minimum absolute atomic E-state index is 0.168. The number of fused-ring (bicyclic) bond motifs is 1. The summed E-state index contributed by atoms with van der Waals surface area (Å²) in [6.45, 7) is 3.17. The first-order valence-corrected chi connectivity index (χ1v) is 10.6. The van der Waals surface area contributed by atoms with Crippen LogP contribution < -0.4 is 5.32 Å². The molecule has 1 amide bonds. The highest BCUT2D eigenvalue weighted by Gasteiger charge is 2.10. The average Bonchev–Trinajstić information content (AvgIpc) is 3.11. The SMILES string of the molecule is CCCn1c(CCc2ccc(NC(=O)c3cccc(Cl)c3)cc2)nc2ccccc21. The third-order valence-corrected chi connectivity index (χ3v) is 5.35. The van der Waals surface area contributed by atoms with Crippen molar-refractivity contribution in [3.63, 3.8) is 0 Å². The molecule has 4 nitrogen and oxygen atoms in total. The van der Waals surface area contributed by atoms with E-state index in [1.165, 1.54) is 11.1 Å². The summed E-state index contributed by atoms with van der Waals surface area (Å²) in [6, 6.07) is 23.2. The van der Waals surface area contributed by atoms with Gasteiger partial charge in [0.15, 0.2) is 0 Å². The molecule has 5 heteroatoms.